The smallest absolute Gasteiger partial charge is 0.337 e. The number of benzene rings is 2. The number of carbonyl (C=O) groups is 1. The van der Waals surface area contributed by atoms with Crippen molar-refractivity contribution in [1.82, 2.24) is 0 Å². The molecule has 0 N–H and O–H groups in total. The number of nitrogens with zero attached hydrogens (tertiary/aromatic N) is 1. The number of esters is 1. The molecular weight excluding hydrogens is 422 g/mol. The van der Waals surface area contributed by atoms with Gasteiger partial charge in [-0.15, -0.1) is 6.58 Å². The van der Waals surface area contributed by atoms with Crippen LogP contribution in [0, 0.1) is 0 Å². The first kappa shape index (κ1) is 24.2. The lowest BCUT2D eigenvalue weighted by Gasteiger charge is -2.41. The maximum Gasteiger partial charge on any atom is 0.337 e. The average Bonchev–Trinajstić information content (AvgIpc) is 2.80. The van der Waals surface area contributed by atoms with Crippen molar-refractivity contribution in [3.63, 3.8) is 0 Å². The molecule has 32 heavy (non-hydrogen) atoms. The van der Waals surface area contributed by atoms with E-state index in [1.807, 2.05) is 24.3 Å². The van der Waals surface area contributed by atoms with Crippen LogP contribution in [0.15, 0.2) is 49.1 Å². The molecule has 0 saturated carbocycles. The Bertz CT molecular complexity index is 958. The van der Waals surface area contributed by atoms with Gasteiger partial charge in [-0.25, -0.2) is 4.79 Å². The molecular formula is C27H34ClNO3. The van der Waals surface area contributed by atoms with Crippen molar-refractivity contribution < 1.29 is 14.3 Å². The summed E-state index contributed by atoms with van der Waals surface area (Å²) in [4.78, 5) is 14.6. The van der Waals surface area contributed by atoms with Crippen molar-refractivity contribution >= 4 is 23.3 Å². The zero-order valence-corrected chi connectivity index (χ0v) is 20.2. The molecule has 0 bridgehead atoms. The van der Waals surface area contributed by atoms with E-state index in [2.05, 4.69) is 30.5 Å². The Morgan fingerprint density at radius 3 is 2.75 bits per heavy atom. The van der Waals surface area contributed by atoms with Crippen molar-refractivity contribution in [2.24, 2.45) is 0 Å². The van der Waals surface area contributed by atoms with Gasteiger partial charge in [-0.1, -0.05) is 30.7 Å². The number of anilines is 1. The average molecular weight is 456 g/mol. The summed E-state index contributed by atoms with van der Waals surface area (Å²) < 4.78 is 10.7. The van der Waals surface area contributed by atoms with Crippen LogP contribution in [0.25, 0.3) is 0 Å². The minimum atomic E-state index is -0.343. The molecule has 2 aromatic rings. The van der Waals surface area contributed by atoms with E-state index in [1.54, 1.807) is 13.2 Å². The molecule has 5 heteroatoms. The van der Waals surface area contributed by atoms with E-state index >= 15 is 0 Å². The summed E-state index contributed by atoms with van der Waals surface area (Å²) in [7, 11) is 3.08. The molecule has 0 aliphatic heterocycles. The van der Waals surface area contributed by atoms with Gasteiger partial charge in [0.2, 0.25) is 0 Å². The molecule has 1 aliphatic rings. The van der Waals surface area contributed by atoms with Crippen LogP contribution in [0.2, 0.25) is 5.02 Å². The van der Waals surface area contributed by atoms with Crippen LogP contribution in [-0.4, -0.2) is 33.3 Å². The summed E-state index contributed by atoms with van der Waals surface area (Å²) in [6, 6.07) is 11.8. The minimum Gasteiger partial charge on any atom is -0.495 e. The summed E-state index contributed by atoms with van der Waals surface area (Å²) in [5.74, 6) is 0.418. The predicted molar refractivity (Wildman–Crippen MR) is 132 cm³/mol. The van der Waals surface area contributed by atoms with Gasteiger partial charge in [0.25, 0.3) is 0 Å². The minimum absolute atomic E-state index is 0.0249. The van der Waals surface area contributed by atoms with Gasteiger partial charge in [0.1, 0.15) is 5.75 Å². The number of halogens is 1. The zero-order valence-electron chi connectivity index (χ0n) is 19.5. The number of methoxy groups -OCH3 is 2. The van der Waals surface area contributed by atoms with Gasteiger partial charge in [0.15, 0.2) is 0 Å². The van der Waals surface area contributed by atoms with Crippen LogP contribution < -0.4 is 9.64 Å². The topological polar surface area (TPSA) is 38.8 Å². The lowest BCUT2D eigenvalue weighted by Crippen LogP contribution is -2.42. The molecule has 0 saturated heterocycles. The molecule has 0 unspecified atom stereocenters. The fraction of sp³-hybridized carbons (Fsp3) is 0.444. The number of allylic oxidation sites excluding steroid dienone is 1. The zero-order chi connectivity index (χ0) is 23.1. The van der Waals surface area contributed by atoms with Gasteiger partial charge in [-0.05, 0) is 80.0 Å². The molecule has 1 aliphatic carbocycles. The SMILES string of the molecule is C=CCCCCN(C[C@]1(C)CCCc2cc(Cl)ccc21)c1cc(C(=O)OC)ccc1OC. The summed E-state index contributed by atoms with van der Waals surface area (Å²) in [6.45, 7) is 7.88. The second kappa shape index (κ2) is 10.9. The molecule has 4 nitrogen and oxygen atoms in total. The highest BCUT2D eigenvalue weighted by atomic mass is 35.5. The van der Waals surface area contributed by atoms with Crippen LogP contribution in [0.4, 0.5) is 5.69 Å². The van der Waals surface area contributed by atoms with E-state index in [0.29, 0.717) is 5.56 Å². The monoisotopic (exact) mass is 455 g/mol. The van der Waals surface area contributed by atoms with E-state index in [-0.39, 0.29) is 11.4 Å². The molecule has 0 amide bonds. The first-order chi connectivity index (χ1) is 15.4. The standard InChI is InChI=1S/C27H34ClNO3/c1-5-6-7-8-16-29(24-18-21(26(30)32-4)11-14-25(24)31-3)19-27(2)15-9-10-20-17-22(28)12-13-23(20)27/h5,11-14,17-18H,1,6-10,15-16,19H2,2-4H3/t27-/m0/s1. The van der Waals surface area contributed by atoms with Crippen LogP contribution >= 0.6 is 11.6 Å². The van der Waals surface area contributed by atoms with Crippen molar-refractivity contribution in [1.29, 1.82) is 0 Å². The van der Waals surface area contributed by atoms with Crippen LogP contribution in [0.5, 0.6) is 5.75 Å². The third kappa shape index (κ3) is 5.47. The maximum atomic E-state index is 12.2. The Morgan fingerprint density at radius 2 is 2.03 bits per heavy atom. The lowest BCUT2D eigenvalue weighted by atomic mass is 9.71. The highest BCUT2D eigenvalue weighted by Crippen LogP contribution is 2.41. The Labute approximate surface area is 197 Å². The summed E-state index contributed by atoms with van der Waals surface area (Å²) in [5.41, 5.74) is 4.14. The molecule has 2 aromatic carbocycles. The second-order valence-corrected chi connectivity index (χ2v) is 9.24. The fourth-order valence-electron chi connectivity index (χ4n) is 4.81. The number of ether oxygens (including phenoxy) is 2. The summed E-state index contributed by atoms with van der Waals surface area (Å²) >= 11 is 6.29. The molecule has 0 radical (unpaired) electrons. The number of aryl methyl sites for hydroxylation is 1. The Hall–Kier alpha value is -2.46. The number of hydrogen-bond acceptors (Lipinski definition) is 4. The van der Waals surface area contributed by atoms with Crippen LogP contribution in [-0.2, 0) is 16.6 Å². The Balaban J connectivity index is 1.99. The van der Waals surface area contributed by atoms with Gasteiger partial charge in [0.05, 0.1) is 25.5 Å². The third-order valence-corrected chi connectivity index (χ3v) is 6.69. The Morgan fingerprint density at radius 1 is 1.22 bits per heavy atom. The van der Waals surface area contributed by atoms with Crippen LogP contribution in [0.1, 0.15) is 60.5 Å². The first-order valence-corrected chi connectivity index (χ1v) is 11.7. The molecule has 3 rings (SSSR count). The van der Waals surface area contributed by atoms with Gasteiger partial charge >= 0.3 is 5.97 Å². The summed E-state index contributed by atoms with van der Waals surface area (Å²) in [6.07, 6.45) is 8.35. The number of rotatable bonds is 10. The lowest BCUT2D eigenvalue weighted by molar-refractivity contribution is 0.0600. The number of unbranched alkanes of at least 4 members (excludes halogenated alkanes) is 2. The van der Waals surface area contributed by atoms with E-state index in [1.165, 1.54) is 18.2 Å². The first-order valence-electron chi connectivity index (χ1n) is 11.3. The second-order valence-electron chi connectivity index (χ2n) is 8.80. The van der Waals surface area contributed by atoms with E-state index in [9.17, 15) is 4.79 Å². The van der Waals surface area contributed by atoms with Gasteiger partial charge in [-0.2, -0.15) is 0 Å². The van der Waals surface area contributed by atoms with E-state index < -0.39 is 0 Å². The predicted octanol–water partition coefficient (Wildman–Crippen LogP) is 6.59. The quantitative estimate of drug-likeness (QED) is 0.230. The molecule has 172 valence electrons. The van der Waals surface area contributed by atoms with Crippen molar-refractivity contribution in [3.8, 4) is 5.75 Å². The third-order valence-electron chi connectivity index (χ3n) is 6.46. The molecule has 0 spiro atoms. The van der Waals surface area contributed by atoms with E-state index in [0.717, 1.165) is 68.1 Å². The van der Waals surface area contributed by atoms with Gasteiger partial charge < -0.3 is 14.4 Å². The van der Waals surface area contributed by atoms with E-state index in [4.69, 9.17) is 21.1 Å². The van der Waals surface area contributed by atoms with Gasteiger partial charge in [0, 0.05) is 23.5 Å². The summed E-state index contributed by atoms with van der Waals surface area (Å²) in [5, 5.41) is 0.793. The fourth-order valence-corrected chi connectivity index (χ4v) is 5.00. The normalized spacial score (nSPS) is 17.4. The number of hydrogen-bond donors (Lipinski definition) is 0. The van der Waals surface area contributed by atoms with Crippen molar-refractivity contribution in [3.05, 3.63) is 70.8 Å². The molecule has 0 aromatic heterocycles. The number of fused-ring (bicyclic) bond motifs is 1. The molecule has 1 atom stereocenters. The largest absolute Gasteiger partial charge is 0.495 e. The number of carbonyl (C=O) groups excluding carboxylic acids is 1. The maximum absolute atomic E-state index is 12.2. The molecule has 0 fully saturated rings. The molecule has 0 heterocycles. The van der Waals surface area contributed by atoms with Crippen molar-refractivity contribution in [2.75, 3.05) is 32.2 Å². The van der Waals surface area contributed by atoms with Crippen molar-refractivity contribution in [2.45, 2.75) is 50.9 Å². The highest BCUT2D eigenvalue weighted by Gasteiger charge is 2.34. The highest BCUT2D eigenvalue weighted by molar-refractivity contribution is 6.30. The Kier molecular flexibility index (Phi) is 8.25. The van der Waals surface area contributed by atoms with Crippen LogP contribution in [0.3, 0.4) is 0 Å². The van der Waals surface area contributed by atoms with Gasteiger partial charge in [-0.3, -0.25) is 0 Å².